The highest BCUT2D eigenvalue weighted by Gasteiger charge is 2.19. The zero-order valence-electron chi connectivity index (χ0n) is 12.0. The van der Waals surface area contributed by atoms with E-state index in [4.69, 9.17) is 9.84 Å². The van der Waals surface area contributed by atoms with E-state index in [2.05, 4.69) is 5.32 Å². The van der Waals surface area contributed by atoms with Crippen molar-refractivity contribution < 1.29 is 14.6 Å². The fourth-order valence-corrected chi connectivity index (χ4v) is 1.59. The molecule has 0 fully saturated rings. The van der Waals surface area contributed by atoms with E-state index in [0.717, 1.165) is 5.56 Å². The van der Waals surface area contributed by atoms with Gasteiger partial charge in [0.05, 0.1) is 0 Å². The Morgan fingerprint density at radius 2 is 2.05 bits per heavy atom. The first-order chi connectivity index (χ1) is 8.93. The van der Waals surface area contributed by atoms with Gasteiger partial charge in [-0.3, -0.25) is 4.79 Å². The Morgan fingerprint density at radius 3 is 2.63 bits per heavy atom. The standard InChI is InChI=1S/C15H23NO3/c1-10-6-5-7-14(8-10)19-13(4)15(18)16-12(3)11(2)9-17/h5-8,11-13,17H,9H2,1-4H3,(H,16,18). The number of aliphatic hydroxyl groups is 1. The number of hydrogen-bond donors (Lipinski definition) is 2. The Morgan fingerprint density at radius 1 is 1.37 bits per heavy atom. The fourth-order valence-electron chi connectivity index (χ4n) is 1.59. The molecule has 0 aromatic heterocycles. The molecular weight excluding hydrogens is 242 g/mol. The average Bonchev–Trinajstić information content (AvgIpc) is 2.37. The van der Waals surface area contributed by atoms with E-state index in [1.54, 1.807) is 6.92 Å². The first kappa shape index (κ1) is 15.5. The molecule has 1 aromatic rings. The van der Waals surface area contributed by atoms with Gasteiger partial charge in [0.25, 0.3) is 5.91 Å². The van der Waals surface area contributed by atoms with Crippen LogP contribution in [0.2, 0.25) is 0 Å². The highest BCUT2D eigenvalue weighted by molar-refractivity contribution is 5.81. The average molecular weight is 265 g/mol. The van der Waals surface area contributed by atoms with Gasteiger partial charge in [-0.15, -0.1) is 0 Å². The molecule has 106 valence electrons. The minimum absolute atomic E-state index is 0.0233. The van der Waals surface area contributed by atoms with Crippen molar-refractivity contribution in [3.63, 3.8) is 0 Å². The summed E-state index contributed by atoms with van der Waals surface area (Å²) in [6.45, 7) is 7.50. The zero-order chi connectivity index (χ0) is 14.4. The Balaban J connectivity index is 2.53. The van der Waals surface area contributed by atoms with Crippen LogP contribution in [-0.4, -0.2) is 29.8 Å². The van der Waals surface area contributed by atoms with E-state index < -0.39 is 6.10 Å². The monoisotopic (exact) mass is 265 g/mol. The third-order valence-electron chi connectivity index (χ3n) is 3.18. The van der Waals surface area contributed by atoms with Gasteiger partial charge in [0.2, 0.25) is 0 Å². The molecule has 0 radical (unpaired) electrons. The van der Waals surface area contributed by atoms with Gasteiger partial charge in [-0.05, 0) is 44.4 Å². The number of hydrogen-bond acceptors (Lipinski definition) is 3. The van der Waals surface area contributed by atoms with Crippen LogP contribution in [0.5, 0.6) is 5.75 Å². The molecule has 2 N–H and O–H groups in total. The summed E-state index contributed by atoms with van der Waals surface area (Å²) in [5, 5.41) is 11.9. The molecule has 1 rings (SSSR count). The first-order valence-electron chi connectivity index (χ1n) is 6.58. The van der Waals surface area contributed by atoms with Gasteiger partial charge in [-0.1, -0.05) is 19.1 Å². The molecule has 0 heterocycles. The molecule has 19 heavy (non-hydrogen) atoms. The smallest absolute Gasteiger partial charge is 0.260 e. The molecule has 3 atom stereocenters. The van der Waals surface area contributed by atoms with E-state index in [9.17, 15) is 4.79 Å². The zero-order valence-corrected chi connectivity index (χ0v) is 12.0. The number of aliphatic hydroxyl groups excluding tert-OH is 1. The first-order valence-corrected chi connectivity index (χ1v) is 6.58. The van der Waals surface area contributed by atoms with Crippen molar-refractivity contribution >= 4 is 5.91 Å². The molecule has 1 amide bonds. The van der Waals surface area contributed by atoms with Gasteiger partial charge < -0.3 is 15.2 Å². The Kier molecular flexibility index (Phi) is 5.83. The lowest BCUT2D eigenvalue weighted by Crippen LogP contribution is -2.44. The van der Waals surface area contributed by atoms with Crippen molar-refractivity contribution in [2.24, 2.45) is 5.92 Å². The maximum absolute atomic E-state index is 11.9. The van der Waals surface area contributed by atoms with Crippen LogP contribution in [0.15, 0.2) is 24.3 Å². The molecule has 0 aliphatic carbocycles. The third kappa shape index (κ3) is 4.91. The van der Waals surface area contributed by atoms with Crippen molar-refractivity contribution in [2.75, 3.05) is 6.61 Å². The number of amides is 1. The van der Waals surface area contributed by atoms with Crippen LogP contribution in [0, 0.1) is 12.8 Å². The molecule has 0 spiro atoms. The molecular formula is C15H23NO3. The van der Waals surface area contributed by atoms with E-state index in [-0.39, 0.29) is 24.5 Å². The van der Waals surface area contributed by atoms with E-state index in [0.29, 0.717) is 5.75 Å². The second-order valence-electron chi connectivity index (χ2n) is 5.03. The predicted molar refractivity (Wildman–Crippen MR) is 75.1 cm³/mol. The quantitative estimate of drug-likeness (QED) is 0.826. The van der Waals surface area contributed by atoms with Gasteiger partial charge in [0.1, 0.15) is 5.75 Å². The number of benzene rings is 1. The fraction of sp³-hybridized carbons (Fsp3) is 0.533. The Hall–Kier alpha value is -1.55. The molecule has 1 aromatic carbocycles. The Bertz CT molecular complexity index is 420. The second-order valence-corrected chi connectivity index (χ2v) is 5.03. The highest BCUT2D eigenvalue weighted by atomic mass is 16.5. The number of nitrogens with one attached hydrogen (secondary N) is 1. The number of carbonyl (C=O) groups is 1. The maximum Gasteiger partial charge on any atom is 0.260 e. The van der Waals surface area contributed by atoms with E-state index in [1.165, 1.54) is 0 Å². The van der Waals surface area contributed by atoms with Gasteiger partial charge in [-0.25, -0.2) is 0 Å². The number of aryl methyl sites for hydroxylation is 1. The van der Waals surface area contributed by atoms with Crippen LogP contribution in [-0.2, 0) is 4.79 Å². The lowest BCUT2D eigenvalue weighted by atomic mass is 10.1. The summed E-state index contributed by atoms with van der Waals surface area (Å²) >= 11 is 0. The second kappa shape index (κ2) is 7.14. The maximum atomic E-state index is 11.9. The highest BCUT2D eigenvalue weighted by Crippen LogP contribution is 2.14. The van der Waals surface area contributed by atoms with Crippen LogP contribution >= 0.6 is 0 Å². The van der Waals surface area contributed by atoms with Crippen LogP contribution < -0.4 is 10.1 Å². The van der Waals surface area contributed by atoms with Gasteiger partial charge in [0, 0.05) is 12.6 Å². The van der Waals surface area contributed by atoms with Crippen molar-refractivity contribution in [2.45, 2.75) is 39.8 Å². The molecule has 0 aliphatic rings. The molecule has 0 aliphatic heterocycles. The van der Waals surface area contributed by atoms with Crippen LogP contribution in [0.1, 0.15) is 26.3 Å². The van der Waals surface area contributed by atoms with E-state index >= 15 is 0 Å². The van der Waals surface area contributed by atoms with Crippen molar-refractivity contribution in [3.8, 4) is 5.75 Å². The van der Waals surface area contributed by atoms with Gasteiger partial charge >= 0.3 is 0 Å². The summed E-state index contributed by atoms with van der Waals surface area (Å²) < 4.78 is 5.60. The Labute approximate surface area is 114 Å². The van der Waals surface area contributed by atoms with Crippen LogP contribution in [0.4, 0.5) is 0 Å². The molecule has 0 saturated carbocycles. The SMILES string of the molecule is Cc1cccc(OC(C)C(=O)NC(C)C(C)CO)c1. The summed E-state index contributed by atoms with van der Waals surface area (Å²) in [6, 6.07) is 7.51. The molecule has 0 bridgehead atoms. The molecule has 4 nitrogen and oxygen atoms in total. The van der Waals surface area contributed by atoms with Gasteiger partial charge in [-0.2, -0.15) is 0 Å². The minimum atomic E-state index is -0.560. The van der Waals surface area contributed by atoms with Crippen molar-refractivity contribution in [1.82, 2.24) is 5.32 Å². The summed E-state index contributed by atoms with van der Waals surface area (Å²) in [5.74, 6) is 0.537. The topological polar surface area (TPSA) is 58.6 Å². The number of ether oxygens (including phenoxy) is 1. The van der Waals surface area contributed by atoms with Crippen LogP contribution in [0.25, 0.3) is 0 Å². The largest absolute Gasteiger partial charge is 0.481 e. The normalized spacial score (nSPS) is 15.4. The molecule has 4 heteroatoms. The van der Waals surface area contributed by atoms with Gasteiger partial charge in [0.15, 0.2) is 6.10 Å². The van der Waals surface area contributed by atoms with Crippen molar-refractivity contribution in [3.05, 3.63) is 29.8 Å². The summed E-state index contributed by atoms with van der Waals surface area (Å²) in [6.07, 6.45) is -0.560. The molecule has 0 saturated heterocycles. The summed E-state index contributed by atoms with van der Waals surface area (Å²) in [7, 11) is 0. The number of rotatable bonds is 6. The lowest BCUT2D eigenvalue weighted by Gasteiger charge is -2.22. The third-order valence-corrected chi connectivity index (χ3v) is 3.18. The lowest BCUT2D eigenvalue weighted by molar-refractivity contribution is -0.128. The molecule has 3 unspecified atom stereocenters. The van der Waals surface area contributed by atoms with E-state index in [1.807, 2.05) is 45.0 Å². The summed E-state index contributed by atoms with van der Waals surface area (Å²) in [4.78, 5) is 11.9. The minimum Gasteiger partial charge on any atom is -0.481 e. The number of carbonyl (C=O) groups excluding carboxylic acids is 1. The summed E-state index contributed by atoms with van der Waals surface area (Å²) in [5.41, 5.74) is 1.09. The van der Waals surface area contributed by atoms with Crippen LogP contribution in [0.3, 0.4) is 0 Å². The van der Waals surface area contributed by atoms with Crippen molar-refractivity contribution in [1.29, 1.82) is 0 Å². The predicted octanol–water partition coefficient (Wildman–Crippen LogP) is 1.90.